The lowest BCUT2D eigenvalue weighted by Gasteiger charge is -2.44. The maximum Gasteiger partial charge on any atom is 0.328 e. The minimum atomic E-state index is -0.868. The van der Waals surface area contributed by atoms with Crippen molar-refractivity contribution in [1.29, 1.82) is 0 Å². The third-order valence-electron chi connectivity index (χ3n) is 7.14. The highest BCUT2D eigenvalue weighted by Gasteiger charge is 2.47. The van der Waals surface area contributed by atoms with E-state index in [-0.39, 0.29) is 11.5 Å². The van der Waals surface area contributed by atoms with Gasteiger partial charge in [-0.2, -0.15) is 0 Å². The molecule has 4 rings (SSSR count). The first-order valence-corrected chi connectivity index (χ1v) is 11.0. The molecule has 1 aromatic rings. The molecule has 7 nitrogen and oxygen atoms in total. The van der Waals surface area contributed by atoms with E-state index >= 15 is 0 Å². The van der Waals surface area contributed by atoms with Crippen LogP contribution in [0.25, 0.3) is 0 Å². The fourth-order valence-corrected chi connectivity index (χ4v) is 4.98. The van der Waals surface area contributed by atoms with Gasteiger partial charge in [0.1, 0.15) is 11.4 Å². The molecular formula is C23H30FN3O4. The number of urea groups is 1. The summed E-state index contributed by atoms with van der Waals surface area (Å²) in [7, 11) is 0. The normalized spacial score (nSPS) is 22.5. The zero-order valence-corrected chi connectivity index (χ0v) is 18.2. The number of carbonyl (C=O) groups is 3. The fraction of sp³-hybridized carbons (Fsp3) is 0.609. The van der Waals surface area contributed by atoms with Crippen molar-refractivity contribution in [2.75, 3.05) is 31.1 Å². The van der Waals surface area contributed by atoms with Crippen LogP contribution in [0.2, 0.25) is 0 Å². The molecule has 2 fully saturated rings. The van der Waals surface area contributed by atoms with Crippen LogP contribution in [0.3, 0.4) is 0 Å². The highest BCUT2D eigenvalue weighted by atomic mass is 19.1. The number of carbonyl (C=O) groups excluding carboxylic acids is 3. The molecule has 0 atom stereocenters. The van der Waals surface area contributed by atoms with Crippen LogP contribution in [0, 0.1) is 11.7 Å². The van der Waals surface area contributed by atoms with Crippen LogP contribution < -0.4 is 10.2 Å². The first kappa shape index (κ1) is 21.7. The summed E-state index contributed by atoms with van der Waals surface area (Å²) in [6.07, 6.45) is 4.77. The van der Waals surface area contributed by atoms with Gasteiger partial charge in [0.25, 0.3) is 6.47 Å². The van der Waals surface area contributed by atoms with Crippen LogP contribution in [-0.4, -0.2) is 55.1 Å². The first-order chi connectivity index (χ1) is 14.8. The van der Waals surface area contributed by atoms with E-state index in [2.05, 4.69) is 10.2 Å². The van der Waals surface area contributed by atoms with Gasteiger partial charge in [0, 0.05) is 13.1 Å². The molecule has 2 heterocycles. The number of nitrogens with one attached hydrogen (secondary N) is 1. The van der Waals surface area contributed by atoms with Gasteiger partial charge in [-0.3, -0.25) is 14.5 Å². The fourth-order valence-electron chi connectivity index (χ4n) is 4.98. The zero-order chi connectivity index (χ0) is 22.2. The van der Waals surface area contributed by atoms with Crippen LogP contribution in [0.1, 0.15) is 51.5 Å². The number of ether oxygens (including phenoxy) is 1. The van der Waals surface area contributed by atoms with Crippen LogP contribution in [0.5, 0.6) is 0 Å². The van der Waals surface area contributed by atoms with E-state index in [4.69, 9.17) is 4.74 Å². The number of hydrogen-bond donors (Lipinski definition) is 1. The molecule has 1 aromatic carbocycles. The number of benzene rings is 1. The van der Waals surface area contributed by atoms with Crippen molar-refractivity contribution >= 4 is 24.1 Å². The van der Waals surface area contributed by atoms with E-state index in [9.17, 15) is 18.8 Å². The lowest BCUT2D eigenvalue weighted by atomic mass is 9.79. The average Bonchev–Trinajstić information content (AvgIpc) is 2.90. The van der Waals surface area contributed by atoms with E-state index < -0.39 is 17.3 Å². The van der Waals surface area contributed by atoms with Crippen molar-refractivity contribution in [2.24, 2.45) is 5.92 Å². The monoisotopic (exact) mass is 431 g/mol. The molecule has 3 amide bonds. The molecule has 1 saturated heterocycles. The van der Waals surface area contributed by atoms with Crippen molar-refractivity contribution in [3.63, 3.8) is 0 Å². The third kappa shape index (κ3) is 4.05. The zero-order valence-electron chi connectivity index (χ0n) is 18.2. The lowest BCUT2D eigenvalue weighted by molar-refractivity contribution is -0.157. The molecule has 31 heavy (non-hydrogen) atoms. The second kappa shape index (κ2) is 8.22. The van der Waals surface area contributed by atoms with Gasteiger partial charge in [-0.1, -0.05) is 6.07 Å². The maximum absolute atomic E-state index is 13.8. The van der Waals surface area contributed by atoms with Gasteiger partial charge in [-0.05, 0) is 82.7 Å². The number of hydrogen-bond acceptors (Lipinski definition) is 5. The number of nitrogens with zero attached hydrogens (tertiary/aromatic N) is 2. The number of likely N-dealkylation sites (tertiary alicyclic amines) is 1. The van der Waals surface area contributed by atoms with Crippen molar-refractivity contribution in [3.05, 3.63) is 29.6 Å². The van der Waals surface area contributed by atoms with Gasteiger partial charge in [0.15, 0.2) is 0 Å². The Labute approximate surface area is 181 Å². The summed E-state index contributed by atoms with van der Waals surface area (Å²) in [5, 5.41) is 2.88. The molecule has 1 aliphatic carbocycles. The Kier molecular flexibility index (Phi) is 5.77. The molecule has 8 heteroatoms. The average molecular weight is 432 g/mol. The van der Waals surface area contributed by atoms with Gasteiger partial charge in [0.05, 0.1) is 11.1 Å². The van der Waals surface area contributed by atoms with E-state index in [1.807, 2.05) is 0 Å². The molecule has 0 radical (unpaired) electrons. The van der Waals surface area contributed by atoms with Crippen molar-refractivity contribution in [3.8, 4) is 0 Å². The topological polar surface area (TPSA) is 79.0 Å². The maximum atomic E-state index is 13.8. The summed E-state index contributed by atoms with van der Waals surface area (Å²) in [5.74, 6) is -0.513. The molecule has 0 bridgehead atoms. The molecule has 168 valence electrons. The Hall–Kier alpha value is -2.48. The Bertz CT molecular complexity index is 876. The van der Waals surface area contributed by atoms with Gasteiger partial charge in [-0.25, -0.2) is 14.1 Å². The van der Waals surface area contributed by atoms with Gasteiger partial charge in [0.2, 0.25) is 5.91 Å². The molecule has 0 unspecified atom stereocenters. The van der Waals surface area contributed by atoms with Gasteiger partial charge >= 0.3 is 6.03 Å². The predicted molar refractivity (Wildman–Crippen MR) is 113 cm³/mol. The second-order valence-corrected chi connectivity index (χ2v) is 9.58. The van der Waals surface area contributed by atoms with E-state index in [1.165, 1.54) is 12.1 Å². The summed E-state index contributed by atoms with van der Waals surface area (Å²) < 4.78 is 19.1. The number of imide groups is 1. The molecule has 1 N–H and O–H groups in total. The summed E-state index contributed by atoms with van der Waals surface area (Å²) in [6.45, 7) is 7.06. The van der Waals surface area contributed by atoms with Crippen LogP contribution in [0.4, 0.5) is 14.9 Å². The lowest BCUT2D eigenvalue weighted by Crippen LogP contribution is -2.52. The Morgan fingerprint density at radius 2 is 2.00 bits per heavy atom. The highest BCUT2D eigenvalue weighted by Crippen LogP contribution is 2.42. The third-order valence-corrected chi connectivity index (χ3v) is 7.14. The molecule has 3 aliphatic rings. The molecule has 1 saturated carbocycles. The Balaban J connectivity index is 1.31. The number of anilines is 1. The van der Waals surface area contributed by atoms with E-state index in [0.717, 1.165) is 56.6 Å². The number of amides is 3. The first-order valence-electron chi connectivity index (χ1n) is 11.0. The number of rotatable bonds is 6. The van der Waals surface area contributed by atoms with Crippen molar-refractivity contribution < 1.29 is 23.5 Å². The smallest absolute Gasteiger partial charge is 0.328 e. The van der Waals surface area contributed by atoms with Gasteiger partial charge in [-0.15, -0.1) is 0 Å². The molecule has 0 spiro atoms. The van der Waals surface area contributed by atoms with Crippen molar-refractivity contribution in [2.45, 2.75) is 57.0 Å². The standard InChI is InChI=1S/C23H30FN3O4/c1-22(2)18-5-4-17(24)12-19(18)27(20(22)29)21(30)25-13-16-6-10-26(11-7-16)14-23(31-15-28)8-3-9-23/h4-5,12,15-16H,3,6-11,13-14H2,1-2H3,(H,25,30). The summed E-state index contributed by atoms with van der Waals surface area (Å²) in [4.78, 5) is 39.9. The van der Waals surface area contributed by atoms with Crippen LogP contribution in [0.15, 0.2) is 18.2 Å². The minimum absolute atomic E-state index is 0.308. The minimum Gasteiger partial charge on any atom is -0.460 e. The SMILES string of the molecule is CC1(C)C(=O)N(C(=O)NCC2CCN(CC3(OC=O)CCC3)CC2)c2cc(F)ccc21. The number of fused-ring (bicyclic) bond motifs is 1. The quantitative estimate of drug-likeness (QED) is 0.701. The summed E-state index contributed by atoms with van der Waals surface area (Å²) in [5.41, 5.74) is -0.200. The van der Waals surface area contributed by atoms with E-state index in [1.54, 1.807) is 19.9 Å². The largest absolute Gasteiger partial charge is 0.460 e. The highest BCUT2D eigenvalue weighted by molar-refractivity contribution is 6.22. The summed E-state index contributed by atoms with van der Waals surface area (Å²) >= 11 is 0. The van der Waals surface area contributed by atoms with Crippen molar-refractivity contribution in [1.82, 2.24) is 10.2 Å². The Morgan fingerprint density at radius 3 is 2.61 bits per heavy atom. The second-order valence-electron chi connectivity index (χ2n) is 9.58. The summed E-state index contributed by atoms with van der Waals surface area (Å²) in [6, 6.07) is 3.64. The molecular weight excluding hydrogens is 401 g/mol. The molecule has 2 aliphatic heterocycles. The van der Waals surface area contributed by atoms with Crippen LogP contribution >= 0.6 is 0 Å². The number of halogens is 1. The van der Waals surface area contributed by atoms with E-state index in [0.29, 0.717) is 30.2 Å². The predicted octanol–water partition coefficient (Wildman–Crippen LogP) is 2.97. The van der Waals surface area contributed by atoms with Crippen LogP contribution in [-0.2, 0) is 19.7 Å². The molecule has 0 aromatic heterocycles. The number of piperidine rings is 1. The Morgan fingerprint density at radius 1 is 1.29 bits per heavy atom. The van der Waals surface area contributed by atoms with Gasteiger partial charge < -0.3 is 10.1 Å².